The van der Waals surface area contributed by atoms with Crippen LogP contribution in [0.3, 0.4) is 0 Å². The van der Waals surface area contributed by atoms with Gasteiger partial charge in [0.15, 0.2) is 0 Å². The van der Waals surface area contributed by atoms with E-state index in [1.807, 2.05) is 0 Å². The summed E-state index contributed by atoms with van der Waals surface area (Å²) in [5.41, 5.74) is 10.4. The van der Waals surface area contributed by atoms with Crippen LogP contribution in [0.1, 0.15) is 0 Å². The third kappa shape index (κ3) is 10.1. The molecule has 0 aromatic carbocycles. The van der Waals surface area contributed by atoms with Crippen molar-refractivity contribution in [1.82, 2.24) is 0 Å². The Morgan fingerprint density at radius 1 is 1.00 bits per heavy atom. The largest absolute Gasteiger partial charge is 0.480 e. The van der Waals surface area contributed by atoms with Crippen molar-refractivity contribution in [3.8, 4) is 0 Å². The molecule has 15 heavy (non-hydrogen) atoms. The fourth-order valence-electron chi connectivity index (χ4n) is 0.385. The Morgan fingerprint density at radius 2 is 1.27 bits per heavy atom. The van der Waals surface area contributed by atoms with Crippen LogP contribution in [-0.2, 0) is 9.59 Å². The number of carboxylic acids is 2. The normalized spacial score (nSPS) is 13.7. The third-order valence-electron chi connectivity index (χ3n) is 1.21. The molecule has 6 N–H and O–H groups in total. The summed E-state index contributed by atoms with van der Waals surface area (Å²) in [5.74, 6) is -1.68. The van der Waals surface area contributed by atoms with Crippen molar-refractivity contribution in [2.45, 2.75) is 12.1 Å². The zero-order valence-corrected chi connectivity index (χ0v) is 13.0. The monoisotopic (exact) mass is 279 g/mol. The first-order valence-electron chi connectivity index (χ1n) is 3.66. The minimum absolute atomic E-state index is 0. The average Bonchev–Trinajstić information content (AvgIpc) is 2.11. The van der Waals surface area contributed by atoms with Gasteiger partial charge in [-0.25, -0.2) is 0 Å². The average molecular weight is 279 g/mol. The Kier molecular flexibility index (Phi) is 12.8. The number of hydrogen-bond acceptors (Lipinski definition) is 6. The molecule has 1 radical (unpaired) electrons. The molecule has 0 aromatic heterocycles. The first-order chi connectivity index (χ1) is 6.45. The Labute approximate surface area is 138 Å². The number of hydrogen-bond donors (Lipinski definition) is 4. The summed E-state index contributed by atoms with van der Waals surface area (Å²) in [5, 5.41) is 16.8. The molecule has 0 heterocycles. The molecule has 0 unspecified atom stereocenters. The number of carbonyl (C=O) groups is 2. The van der Waals surface area contributed by atoms with Gasteiger partial charge in [0.05, 0.1) is 0 Å². The van der Waals surface area contributed by atoms with Crippen LogP contribution in [0, 0.1) is 0 Å². The summed E-state index contributed by atoms with van der Waals surface area (Å²) in [6, 6.07) is -1.85. The molecule has 0 saturated heterocycles. The van der Waals surface area contributed by atoms with E-state index in [0.29, 0.717) is 0 Å². The fourth-order valence-corrected chi connectivity index (χ4v) is 2.61. The molecule has 0 spiro atoms. The molecule has 0 saturated carbocycles. The second-order valence-corrected chi connectivity index (χ2v) is 5.01. The van der Waals surface area contributed by atoms with Crippen molar-refractivity contribution in [3.63, 3.8) is 0 Å². The predicted molar refractivity (Wildman–Crippen MR) is 61.9 cm³/mol. The maximum absolute atomic E-state index is 10.3. The molecule has 2 atom stereocenters. The van der Waals surface area contributed by atoms with Crippen molar-refractivity contribution in [2.75, 3.05) is 11.5 Å². The molecular formula is C6H12KN2O4S2. The van der Waals surface area contributed by atoms with E-state index in [9.17, 15) is 9.59 Å². The van der Waals surface area contributed by atoms with Crippen LogP contribution < -0.4 is 11.5 Å². The summed E-state index contributed by atoms with van der Waals surface area (Å²) in [7, 11) is 2.41. The van der Waals surface area contributed by atoms with Gasteiger partial charge in [-0.2, -0.15) is 0 Å². The smallest absolute Gasteiger partial charge is 0.321 e. The van der Waals surface area contributed by atoms with Gasteiger partial charge in [-0.15, -0.1) is 0 Å². The van der Waals surface area contributed by atoms with Gasteiger partial charge in [-0.3, -0.25) is 9.59 Å². The van der Waals surface area contributed by atoms with Gasteiger partial charge < -0.3 is 21.7 Å². The van der Waals surface area contributed by atoms with Crippen molar-refractivity contribution in [2.24, 2.45) is 11.5 Å². The van der Waals surface area contributed by atoms with E-state index in [1.165, 1.54) is 21.6 Å². The molecule has 0 fully saturated rings. The molecule has 0 aliphatic heterocycles. The molecule has 0 bridgehead atoms. The van der Waals surface area contributed by atoms with Crippen molar-refractivity contribution >= 4 is 84.9 Å². The number of carboxylic acid groups (broad SMARTS) is 2. The summed E-state index contributed by atoms with van der Waals surface area (Å²) in [6.45, 7) is 0. The number of aliphatic carboxylic acids is 2. The van der Waals surface area contributed by atoms with Crippen LogP contribution in [-0.4, -0.2) is 97.1 Å². The summed E-state index contributed by atoms with van der Waals surface area (Å²) < 4.78 is 0. The van der Waals surface area contributed by atoms with Crippen LogP contribution in [0.5, 0.6) is 0 Å². The number of nitrogens with two attached hydrogens (primary N) is 2. The molecule has 6 nitrogen and oxygen atoms in total. The van der Waals surface area contributed by atoms with Gasteiger partial charge in [-0.1, -0.05) is 21.6 Å². The van der Waals surface area contributed by atoms with E-state index >= 15 is 0 Å². The zero-order valence-electron chi connectivity index (χ0n) is 8.25. The van der Waals surface area contributed by atoms with Gasteiger partial charge in [0, 0.05) is 62.9 Å². The van der Waals surface area contributed by atoms with Crippen molar-refractivity contribution in [1.29, 1.82) is 0 Å². The van der Waals surface area contributed by atoms with Crippen LogP contribution in [0.2, 0.25) is 0 Å². The second kappa shape index (κ2) is 10.4. The Bertz CT molecular complexity index is 197. The van der Waals surface area contributed by atoms with Crippen LogP contribution in [0.15, 0.2) is 0 Å². The Balaban J connectivity index is 0. The van der Waals surface area contributed by atoms with Crippen molar-refractivity contribution in [3.05, 3.63) is 0 Å². The maximum atomic E-state index is 10.3. The van der Waals surface area contributed by atoms with Crippen LogP contribution >= 0.6 is 21.6 Å². The van der Waals surface area contributed by atoms with Gasteiger partial charge in [0.25, 0.3) is 0 Å². The van der Waals surface area contributed by atoms with E-state index in [2.05, 4.69) is 0 Å². The molecule has 0 aliphatic rings. The first-order valence-corrected chi connectivity index (χ1v) is 6.15. The topological polar surface area (TPSA) is 127 Å². The molecule has 83 valence electrons. The molecule has 0 aliphatic carbocycles. The van der Waals surface area contributed by atoms with E-state index in [-0.39, 0.29) is 62.9 Å². The fraction of sp³-hybridized carbons (Fsp3) is 0.667. The van der Waals surface area contributed by atoms with Crippen molar-refractivity contribution < 1.29 is 19.8 Å². The van der Waals surface area contributed by atoms with Crippen LogP contribution in [0.4, 0.5) is 0 Å². The summed E-state index contributed by atoms with van der Waals surface area (Å²) in [6.07, 6.45) is 0. The van der Waals surface area contributed by atoms with E-state index in [0.717, 1.165) is 0 Å². The molecule has 0 aromatic rings. The minimum Gasteiger partial charge on any atom is -0.480 e. The van der Waals surface area contributed by atoms with E-state index in [1.54, 1.807) is 0 Å². The van der Waals surface area contributed by atoms with Crippen LogP contribution in [0.25, 0.3) is 0 Å². The second-order valence-electron chi connectivity index (χ2n) is 2.46. The molecule has 0 rings (SSSR count). The van der Waals surface area contributed by atoms with Gasteiger partial charge in [0.1, 0.15) is 12.1 Å². The third-order valence-corrected chi connectivity index (χ3v) is 3.69. The zero-order chi connectivity index (χ0) is 11.1. The number of rotatable bonds is 7. The SMILES string of the molecule is N[C@@H](CSSC[C@H](N)C(=O)O)C(=O)O.[K]. The Hall–Kier alpha value is 1.20. The quantitative estimate of drug-likeness (QED) is 0.260. The maximum Gasteiger partial charge on any atom is 0.321 e. The van der Waals surface area contributed by atoms with Gasteiger partial charge >= 0.3 is 11.9 Å². The molecular weight excluding hydrogens is 267 g/mol. The van der Waals surface area contributed by atoms with E-state index < -0.39 is 24.0 Å². The standard InChI is InChI=1S/C6H12N2O4S2.K/c7-3(5(9)10)1-13-14-2-4(8)6(11)12;/h3-4H,1-2,7-8H2,(H,9,10)(H,11,12);/t3-,4-;/m0./s1. The summed E-state index contributed by atoms with van der Waals surface area (Å²) in [4.78, 5) is 20.5. The molecule has 0 amide bonds. The molecule has 9 heteroatoms. The van der Waals surface area contributed by atoms with Gasteiger partial charge in [-0.05, 0) is 0 Å². The van der Waals surface area contributed by atoms with E-state index in [4.69, 9.17) is 21.7 Å². The van der Waals surface area contributed by atoms with Gasteiger partial charge in [0.2, 0.25) is 0 Å². The minimum atomic E-state index is -1.07. The first kappa shape index (κ1) is 18.6. The summed E-state index contributed by atoms with van der Waals surface area (Å²) >= 11 is 0. The predicted octanol–water partition coefficient (Wildman–Crippen LogP) is -1.19. The Morgan fingerprint density at radius 3 is 1.47 bits per heavy atom.